The van der Waals surface area contributed by atoms with Crippen molar-refractivity contribution in [3.8, 4) is 0 Å². The lowest BCUT2D eigenvalue weighted by Crippen LogP contribution is -2.51. The Labute approximate surface area is 134 Å². The molecule has 6 heteroatoms. The number of nitrogens with zero attached hydrogens (tertiary/aromatic N) is 1. The third-order valence-electron chi connectivity index (χ3n) is 3.68. The Bertz CT molecular complexity index is 548. The molecule has 1 aromatic rings. The summed E-state index contributed by atoms with van der Waals surface area (Å²) in [4.78, 5) is 25.7. The molecule has 1 atom stereocenters. The molecule has 114 valence electrons. The third-order valence-corrected chi connectivity index (χ3v) is 4.26. The fourth-order valence-electron chi connectivity index (χ4n) is 2.55. The minimum atomic E-state index is -0.373. The summed E-state index contributed by atoms with van der Waals surface area (Å²) in [5.74, 6) is -0.0793. The van der Waals surface area contributed by atoms with E-state index in [1.54, 1.807) is 23.1 Å². The van der Waals surface area contributed by atoms with Gasteiger partial charge in [0, 0.05) is 29.6 Å². The van der Waals surface area contributed by atoms with Crippen LogP contribution in [0.5, 0.6) is 0 Å². The summed E-state index contributed by atoms with van der Waals surface area (Å²) >= 11 is 11.9. The zero-order valence-electron chi connectivity index (χ0n) is 11.9. The zero-order valence-corrected chi connectivity index (χ0v) is 13.4. The Hall–Kier alpha value is -1.26. The maximum atomic E-state index is 12.3. The van der Waals surface area contributed by atoms with Gasteiger partial charge in [-0.25, -0.2) is 0 Å². The molecule has 1 saturated heterocycles. The molecule has 4 nitrogen and oxygen atoms in total. The number of hydrogen-bond donors (Lipinski definition) is 1. The monoisotopic (exact) mass is 328 g/mol. The van der Waals surface area contributed by atoms with E-state index in [-0.39, 0.29) is 17.9 Å². The lowest BCUT2D eigenvalue weighted by molar-refractivity contribution is -0.143. The molecule has 1 heterocycles. The first-order chi connectivity index (χ1) is 10.0. The van der Waals surface area contributed by atoms with E-state index in [4.69, 9.17) is 23.2 Å². The third kappa shape index (κ3) is 3.89. The van der Waals surface area contributed by atoms with Gasteiger partial charge in [-0.2, -0.15) is 0 Å². The molecule has 2 rings (SSSR count). The van der Waals surface area contributed by atoms with Gasteiger partial charge in [-0.3, -0.25) is 9.59 Å². The first kappa shape index (κ1) is 16.1. The molecule has 1 fully saturated rings. The first-order valence-electron chi connectivity index (χ1n) is 7.04. The zero-order chi connectivity index (χ0) is 15.4. The highest BCUT2D eigenvalue weighted by molar-refractivity contribution is 6.35. The van der Waals surface area contributed by atoms with Gasteiger partial charge in [-0.1, -0.05) is 29.3 Å². The summed E-state index contributed by atoms with van der Waals surface area (Å²) in [6.45, 7) is 2.77. The quantitative estimate of drug-likeness (QED) is 0.923. The van der Waals surface area contributed by atoms with E-state index in [2.05, 4.69) is 5.32 Å². The Morgan fingerprint density at radius 1 is 1.43 bits per heavy atom. The molecule has 1 N–H and O–H groups in total. The van der Waals surface area contributed by atoms with Crippen molar-refractivity contribution >= 4 is 35.0 Å². The van der Waals surface area contributed by atoms with Crippen molar-refractivity contribution in [2.45, 2.75) is 38.8 Å². The Balaban J connectivity index is 1.99. The lowest BCUT2D eigenvalue weighted by atomic mass is 10.0. The average Bonchev–Trinajstić information content (AvgIpc) is 2.45. The van der Waals surface area contributed by atoms with E-state index in [0.29, 0.717) is 36.0 Å². The summed E-state index contributed by atoms with van der Waals surface area (Å²) < 4.78 is 0. The normalized spacial score (nSPS) is 18.7. The van der Waals surface area contributed by atoms with Crippen LogP contribution in [0.4, 0.5) is 0 Å². The van der Waals surface area contributed by atoms with E-state index in [1.807, 2.05) is 6.92 Å². The van der Waals surface area contributed by atoms with Crippen LogP contribution in [-0.2, 0) is 16.1 Å². The van der Waals surface area contributed by atoms with E-state index in [1.165, 1.54) is 0 Å². The number of amides is 2. The van der Waals surface area contributed by atoms with Crippen molar-refractivity contribution in [3.05, 3.63) is 33.8 Å². The number of halogens is 2. The molecule has 1 aliphatic rings. The Morgan fingerprint density at radius 2 is 2.19 bits per heavy atom. The maximum absolute atomic E-state index is 12.3. The fourth-order valence-corrected chi connectivity index (χ4v) is 3.03. The minimum Gasteiger partial charge on any atom is -0.350 e. The molecular formula is C15H18Cl2N2O2. The molecular weight excluding hydrogens is 311 g/mol. The number of piperidine rings is 1. The molecule has 0 bridgehead atoms. The second-order valence-electron chi connectivity index (χ2n) is 5.04. The van der Waals surface area contributed by atoms with E-state index < -0.39 is 0 Å². The van der Waals surface area contributed by atoms with Gasteiger partial charge in [0.25, 0.3) is 0 Å². The number of hydrogen-bond acceptors (Lipinski definition) is 2. The number of likely N-dealkylation sites (N-methyl/N-ethyl adjacent to an activating group) is 1. The van der Waals surface area contributed by atoms with E-state index in [9.17, 15) is 9.59 Å². The van der Waals surface area contributed by atoms with Crippen LogP contribution in [0.15, 0.2) is 18.2 Å². The number of likely N-dealkylation sites (tertiary alicyclic amines) is 1. The largest absolute Gasteiger partial charge is 0.350 e. The van der Waals surface area contributed by atoms with Crippen LogP contribution in [0.3, 0.4) is 0 Å². The summed E-state index contributed by atoms with van der Waals surface area (Å²) in [6, 6.07) is 4.79. The second kappa shape index (κ2) is 7.14. The van der Waals surface area contributed by atoms with Crippen molar-refractivity contribution in [3.63, 3.8) is 0 Å². The van der Waals surface area contributed by atoms with Gasteiger partial charge in [0.1, 0.15) is 6.04 Å². The topological polar surface area (TPSA) is 49.4 Å². The number of rotatable bonds is 4. The summed E-state index contributed by atoms with van der Waals surface area (Å²) in [7, 11) is 0. The molecule has 2 amide bonds. The number of benzene rings is 1. The van der Waals surface area contributed by atoms with Crippen LogP contribution in [0, 0.1) is 0 Å². The standard InChI is InChI=1S/C15H18Cl2N2O2/c1-2-19-13(4-3-5-14(19)20)15(21)18-9-10-6-7-11(16)8-12(10)17/h6-8,13H,2-5,9H2,1H3,(H,18,21). The molecule has 21 heavy (non-hydrogen) atoms. The first-order valence-corrected chi connectivity index (χ1v) is 7.79. The SMILES string of the molecule is CCN1C(=O)CCCC1C(=O)NCc1ccc(Cl)cc1Cl. The number of nitrogens with one attached hydrogen (secondary N) is 1. The van der Waals surface area contributed by atoms with Gasteiger partial charge in [0.15, 0.2) is 0 Å². The van der Waals surface area contributed by atoms with Crippen LogP contribution < -0.4 is 5.32 Å². The summed E-state index contributed by atoms with van der Waals surface area (Å²) in [5, 5.41) is 3.94. The highest BCUT2D eigenvalue weighted by atomic mass is 35.5. The van der Waals surface area contributed by atoms with Gasteiger partial charge in [-0.15, -0.1) is 0 Å². The molecule has 1 unspecified atom stereocenters. The summed E-state index contributed by atoms with van der Waals surface area (Å²) in [6.07, 6.45) is 2.00. The van der Waals surface area contributed by atoms with Crippen LogP contribution in [0.2, 0.25) is 10.0 Å². The molecule has 0 spiro atoms. The van der Waals surface area contributed by atoms with Crippen molar-refractivity contribution in [2.75, 3.05) is 6.54 Å². The van der Waals surface area contributed by atoms with Crippen LogP contribution in [0.1, 0.15) is 31.7 Å². The second-order valence-corrected chi connectivity index (χ2v) is 5.88. The fraction of sp³-hybridized carbons (Fsp3) is 0.467. The minimum absolute atomic E-state index is 0.0495. The van der Waals surface area contributed by atoms with Crippen molar-refractivity contribution < 1.29 is 9.59 Å². The van der Waals surface area contributed by atoms with Gasteiger partial charge in [0.05, 0.1) is 0 Å². The van der Waals surface area contributed by atoms with Crippen molar-refractivity contribution in [1.29, 1.82) is 0 Å². The van der Waals surface area contributed by atoms with Gasteiger partial charge < -0.3 is 10.2 Å². The van der Waals surface area contributed by atoms with Crippen LogP contribution >= 0.6 is 23.2 Å². The van der Waals surface area contributed by atoms with Crippen molar-refractivity contribution in [1.82, 2.24) is 10.2 Å². The molecule has 1 aromatic carbocycles. The Kier molecular flexibility index (Phi) is 5.48. The average molecular weight is 329 g/mol. The van der Waals surface area contributed by atoms with Crippen LogP contribution in [-0.4, -0.2) is 29.3 Å². The molecule has 0 radical (unpaired) electrons. The Morgan fingerprint density at radius 3 is 2.86 bits per heavy atom. The van der Waals surface area contributed by atoms with Crippen LogP contribution in [0.25, 0.3) is 0 Å². The molecule has 1 aliphatic heterocycles. The predicted octanol–water partition coefficient (Wildman–Crippen LogP) is 3.01. The number of carbonyl (C=O) groups excluding carboxylic acids is 2. The molecule has 0 aliphatic carbocycles. The van der Waals surface area contributed by atoms with E-state index in [0.717, 1.165) is 12.0 Å². The van der Waals surface area contributed by atoms with Gasteiger partial charge in [-0.05, 0) is 37.5 Å². The lowest BCUT2D eigenvalue weighted by Gasteiger charge is -2.33. The molecule has 0 saturated carbocycles. The highest BCUT2D eigenvalue weighted by Gasteiger charge is 2.31. The maximum Gasteiger partial charge on any atom is 0.243 e. The highest BCUT2D eigenvalue weighted by Crippen LogP contribution is 2.21. The number of carbonyl (C=O) groups is 2. The van der Waals surface area contributed by atoms with Gasteiger partial charge >= 0.3 is 0 Å². The predicted molar refractivity (Wildman–Crippen MR) is 83.3 cm³/mol. The smallest absolute Gasteiger partial charge is 0.243 e. The summed E-state index contributed by atoms with van der Waals surface area (Å²) in [5.41, 5.74) is 0.805. The van der Waals surface area contributed by atoms with E-state index >= 15 is 0 Å². The van der Waals surface area contributed by atoms with Crippen molar-refractivity contribution in [2.24, 2.45) is 0 Å². The van der Waals surface area contributed by atoms with Gasteiger partial charge in [0.2, 0.25) is 11.8 Å². The molecule has 0 aromatic heterocycles.